The number of ether oxygens (including phenoxy) is 2. The third-order valence-corrected chi connectivity index (χ3v) is 7.11. The summed E-state index contributed by atoms with van der Waals surface area (Å²) in [5.41, 5.74) is 7.13. The lowest BCUT2D eigenvalue weighted by atomic mass is 9.91. The normalized spacial score (nSPS) is 13.0. The average Bonchev–Trinajstić information content (AvgIpc) is 2.85. The second kappa shape index (κ2) is 11.0. The van der Waals surface area contributed by atoms with E-state index in [9.17, 15) is 10.1 Å². The van der Waals surface area contributed by atoms with Crippen LogP contribution in [0.4, 0.5) is 5.69 Å². The number of methoxy groups -OCH3 is 2. The Hall–Kier alpha value is -3.54. The molecule has 1 amide bonds. The number of nitriles is 1. The molecule has 36 heavy (non-hydrogen) atoms. The highest BCUT2D eigenvalue weighted by Crippen LogP contribution is 2.40. The minimum atomic E-state index is -0.138. The maximum atomic E-state index is 12.8. The van der Waals surface area contributed by atoms with Gasteiger partial charge in [0.2, 0.25) is 5.91 Å². The van der Waals surface area contributed by atoms with Crippen LogP contribution in [0.25, 0.3) is 11.1 Å². The van der Waals surface area contributed by atoms with E-state index in [1.54, 1.807) is 14.2 Å². The molecule has 0 fully saturated rings. The van der Waals surface area contributed by atoms with Crippen LogP contribution in [-0.2, 0) is 17.8 Å². The molecule has 1 aromatic heterocycles. The van der Waals surface area contributed by atoms with Gasteiger partial charge in [-0.05, 0) is 67.4 Å². The molecule has 0 unspecified atom stereocenters. The molecule has 3 aromatic rings. The number of fused-ring (bicyclic) bond motifs is 1. The van der Waals surface area contributed by atoms with E-state index in [4.69, 9.17) is 14.5 Å². The van der Waals surface area contributed by atoms with Gasteiger partial charge in [0.05, 0.1) is 25.5 Å². The zero-order valence-corrected chi connectivity index (χ0v) is 22.1. The van der Waals surface area contributed by atoms with Gasteiger partial charge in [0.25, 0.3) is 0 Å². The predicted molar refractivity (Wildman–Crippen MR) is 143 cm³/mol. The van der Waals surface area contributed by atoms with E-state index in [-0.39, 0.29) is 11.7 Å². The Morgan fingerprint density at radius 3 is 2.53 bits per heavy atom. The van der Waals surface area contributed by atoms with Gasteiger partial charge in [0.1, 0.15) is 11.1 Å². The molecule has 4 rings (SSSR count). The van der Waals surface area contributed by atoms with Crippen molar-refractivity contribution in [1.82, 2.24) is 9.88 Å². The van der Waals surface area contributed by atoms with Crippen molar-refractivity contribution in [2.75, 3.05) is 38.9 Å². The summed E-state index contributed by atoms with van der Waals surface area (Å²) in [6, 6.07) is 14.0. The van der Waals surface area contributed by atoms with E-state index in [2.05, 4.69) is 29.4 Å². The van der Waals surface area contributed by atoms with Gasteiger partial charge >= 0.3 is 0 Å². The summed E-state index contributed by atoms with van der Waals surface area (Å²) >= 11 is 1.29. The van der Waals surface area contributed by atoms with Gasteiger partial charge in [-0.15, -0.1) is 0 Å². The van der Waals surface area contributed by atoms with Crippen molar-refractivity contribution in [1.29, 1.82) is 5.26 Å². The fourth-order valence-corrected chi connectivity index (χ4v) is 5.37. The number of nitrogens with one attached hydrogen (secondary N) is 1. The number of carbonyl (C=O) groups excluding carboxylic acids is 1. The first-order valence-electron chi connectivity index (χ1n) is 11.7. The molecule has 1 N–H and O–H groups in total. The number of nitrogens with zero attached hydrogens (tertiary/aromatic N) is 3. The maximum Gasteiger partial charge on any atom is 0.234 e. The number of hydrogen-bond acceptors (Lipinski definition) is 7. The van der Waals surface area contributed by atoms with E-state index in [1.165, 1.54) is 11.8 Å². The monoisotopic (exact) mass is 502 g/mol. The number of rotatable bonds is 7. The van der Waals surface area contributed by atoms with Gasteiger partial charge in [0.15, 0.2) is 11.5 Å². The van der Waals surface area contributed by atoms with Crippen LogP contribution < -0.4 is 14.8 Å². The number of anilines is 1. The summed E-state index contributed by atoms with van der Waals surface area (Å²) in [6.07, 6.45) is 0.778. The highest BCUT2D eigenvalue weighted by atomic mass is 32.2. The molecular formula is C28H30N4O3S. The molecule has 7 nitrogen and oxygen atoms in total. The summed E-state index contributed by atoms with van der Waals surface area (Å²) in [7, 11) is 5.25. The summed E-state index contributed by atoms with van der Waals surface area (Å²) in [5.74, 6) is 1.23. The molecule has 1 aliphatic rings. The van der Waals surface area contributed by atoms with Crippen LogP contribution in [0.5, 0.6) is 11.5 Å². The SMILES string of the molecule is COc1ccc(-c2c(C#N)c(SCC(=O)Nc3cc(C)cc(C)c3)nc3c2CN(C)CC3)cc1OC. The van der Waals surface area contributed by atoms with E-state index < -0.39 is 0 Å². The molecule has 0 bridgehead atoms. The molecule has 0 radical (unpaired) electrons. The number of benzene rings is 2. The summed E-state index contributed by atoms with van der Waals surface area (Å²) in [5, 5.41) is 13.8. The zero-order valence-electron chi connectivity index (χ0n) is 21.3. The Bertz CT molecular complexity index is 1330. The van der Waals surface area contributed by atoms with Crippen LogP contribution in [0.3, 0.4) is 0 Å². The Balaban J connectivity index is 1.70. The lowest BCUT2D eigenvalue weighted by Gasteiger charge is -2.28. The first-order chi connectivity index (χ1) is 17.3. The van der Waals surface area contributed by atoms with Gasteiger partial charge in [-0.25, -0.2) is 4.98 Å². The number of carbonyl (C=O) groups is 1. The molecule has 0 spiro atoms. The third kappa shape index (κ3) is 5.48. The molecule has 0 saturated heterocycles. The number of thioether (sulfide) groups is 1. The fraction of sp³-hybridized carbons (Fsp3) is 0.321. The molecule has 2 heterocycles. The van der Waals surface area contributed by atoms with Gasteiger partial charge < -0.3 is 19.7 Å². The number of pyridine rings is 1. The number of hydrogen-bond donors (Lipinski definition) is 1. The molecule has 1 aliphatic heterocycles. The number of aryl methyl sites for hydroxylation is 2. The molecule has 8 heteroatoms. The second-order valence-corrected chi connectivity index (χ2v) is 9.94. The largest absolute Gasteiger partial charge is 0.493 e. The Kier molecular flexibility index (Phi) is 7.82. The molecular weight excluding hydrogens is 472 g/mol. The van der Waals surface area contributed by atoms with E-state index in [1.807, 2.05) is 44.2 Å². The first kappa shape index (κ1) is 25.5. The van der Waals surface area contributed by atoms with Crippen LogP contribution in [0.2, 0.25) is 0 Å². The van der Waals surface area contributed by atoms with E-state index >= 15 is 0 Å². The van der Waals surface area contributed by atoms with Crippen LogP contribution in [0.15, 0.2) is 41.4 Å². The molecule has 0 saturated carbocycles. The summed E-state index contributed by atoms with van der Waals surface area (Å²) in [4.78, 5) is 19.9. The standard InChI is InChI=1S/C28H30N4O3S/c1-17-10-18(2)12-20(11-17)30-26(33)16-36-28-21(14-29)27(22-15-32(3)9-8-23(22)31-28)19-6-7-24(34-4)25(13-19)35-5/h6-7,10-13H,8-9,15-16H2,1-5H3,(H,30,33). The maximum absolute atomic E-state index is 12.8. The summed E-state index contributed by atoms with van der Waals surface area (Å²) in [6.45, 7) is 5.58. The van der Waals surface area contributed by atoms with Crippen molar-refractivity contribution >= 4 is 23.4 Å². The molecule has 2 aromatic carbocycles. The highest BCUT2D eigenvalue weighted by Gasteiger charge is 2.26. The summed E-state index contributed by atoms with van der Waals surface area (Å²) < 4.78 is 10.9. The first-order valence-corrected chi connectivity index (χ1v) is 12.7. The van der Waals surface area contributed by atoms with Crippen molar-refractivity contribution < 1.29 is 14.3 Å². The third-order valence-electron chi connectivity index (χ3n) is 6.14. The lowest BCUT2D eigenvalue weighted by molar-refractivity contribution is -0.113. The minimum Gasteiger partial charge on any atom is -0.493 e. The zero-order chi connectivity index (χ0) is 25.8. The van der Waals surface area contributed by atoms with Crippen LogP contribution in [0.1, 0.15) is 27.9 Å². The Morgan fingerprint density at radius 2 is 1.86 bits per heavy atom. The van der Waals surface area contributed by atoms with Crippen molar-refractivity contribution in [2.24, 2.45) is 0 Å². The average molecular weight is 503 g/mol. The smallest absolute Gasteiger partial charge is 0.234 e. The van der Waals surface area contributed by atoms with Gasteiger partial charge in [-0.1, -0.05) is 23.9 Å². The van der Waals surface area contributed by atoms with Crippen LogP contribution in [-0.4, -0.2) is 49.4 Å². The number of likely N-dealkylation sites (N-methyl/N-ethyl adjacent to an activating group) is 1. The van der Waals surface area contributed by atoms with Crippen molar-refractivity contribution in [3.05, 3.63) is 64.3 Å². The highest BCUT2D eigenvalue weighted by molar-refractivity contribution is 8.00. The Morgan fingerprint density at radius 1 is 1.14 bits per heavy atom. The lowest BCUT2D eigenvalue weighted by Crippen LogP contribution is -2.28. The van der Waals surface area contributed by atoms with Gasteiger partial charge in [-0.2, -0.15) is 5.26 Å². The molecule has 186 valence electrons. The topological polar surface area (TPSA) is 87.5 Å². The molecule has 0 aliphatic carbocycles. The van der Waals surface area contributed by atoms with Gasteiger partial charge in [-0.3, -0.25) is 4.79 Å². The van der Waals surface area contributed by atoms with Crippen LogP contribution in [0, 0.1) is 25.2 Å². The van der Waals surface area contributed by atoms with Gasteiger partial charge in [0, 0.05) is 36.5 Å². The number of amides is 1. The quantitative estimate of drug-likeness (QED) is 0.456. The predicted octanol–water partition coefficient (Wildman–Crippen LogP) is 4.97. The number of aromatic nitrogens is 1. The van der Waals surface area contributed by atoms with Crippen LogP contribution >= 0.6 is 11.8 Å². The fourth-order valence-electron chi connectivity index (χ4n) is 4.57. The minimum absolute atomic E-state index is 0.138. The molecule has 0 atom stereocenters. The Labute approximate surface area is 216 Å². The van der Waals surface area contributed by atoms with E-state index in [0.29, 0.717) is 28.6 Å². The van der Waals surface area contributed by atoms with Crippen molar-refractivity contribution in [2.45, 2.75) is 31.8 Å². The second-order valence-electron chi connectivity index (χ2n) is 8.97. The van der Waals surface area contributed by atoms with Crippen molar-refractivity contribution in [3.8, 4) is 28.7 Å². The van der Waals surface area contributed by atoms with Crippen molar-refractivity contribution in [3.63, 3.8) is 0 Å². The van der Waals surface area contributed by atoms with E-state index in [0.717, 1.165) is 52.2 Å².